The van der Waals surface area contributed by atoms with E-state index in [2.05, 4.69) is 10.2 Å². The molecule has 0 amide bonds. The van der Waals surface area contributed by atoms with Crippen LogP contribution in [-0.2, 0) is 9.84 Å². The number of nitrogens with one attached hydrogen (secondary N) is 1. The van der Waals surface area contributed by atoms with Crippen LogP contribution in [0.1, 0.15) is 32.1 Å². The lowest BCUT2D eigenvalue weighted by Gasteiger charge is -2.25. The van der Waals surface area contributed by atoms with Crippen LogP contribution in [0.2, 0.25) is 0 Å². The SMILES string of the molecule is O=S1(=O)CCCN(CC2CCCCCN2)CC1. The van der Waals surface area contributed by atoms with Gasteiger partial charge >= 0.3 is 0 Å². The van der Waals surface area contributed by atoms with Crippen LogP contribution in [0.15, 0.2) is 0 Å². The quantitative estimate of drug-likeness (QED) is 0.791. The molecule has 1 atom stereocenters. The molecule has 0 spiro atoms. The average molecular weight is 260 g/mol. The van der Waals surface area contributed by atoms with Gasteiger partial charge in [-0.3, -0.25) is 0 Å². The van der Waals surface area contributed by atoms with Crippen molar-refractivity contribution < 1.29 is 8.42 Å². The number of hydrogen-bond acceptors (Lipinski definition) is 4. The van der Waals surface area contributed by atoms with Crippen molar-refractivity contribution in [3.63, 3.8) is 0 Å². The van der Waals surface area contributed by atoms with Crippen LogP contribution in [0.25, 0.3) is 0 Å². The van der Waals surface area contributed by atoms with Gasteiger partial charge in [0, 0.05) is 19.1 Å². The molecule has 2 rings (SSSR count). The molecule has 2 aliphatic rings. The summed E-state index contributed by atoms with van der Waals surface area (Å²) in [4.78, 5) is 2.33. The van der Waals surface area contributed by atoms with Gasteiger partial charge in [-0.1, -0.05) is 12.8 Å². The monoisotopic (exact) mass is 260 g/mol. The first kappa shape index (κ1) is 13.3. The van der Waals surface area contributed by atoms with Crippen LogP contribution in [0.3, 0.4) is 0 Å². The summed E-state index contributed by atoms with van der Waals surface area (Å²) in [5.74, 6) is 0.724. The number of sulfone groups is 1. The predicted molar refractivity (Wildman–Crippen MR) is 70.0 cm³/mol. The van der Waals surface area contributed by atoms with E-state index in [1.807, 2.05) is 0 Å². The highest BCUT2D eigenvalue weighted by Crippen LogP contribution is 2.11. The Hall–Kier alpha value is -0.130. The summed E-state index contributed by atoms with van der Waals surface area (Å²) in [7, 11) is -2.76. The van der Waals surface area contributed by atoms with E-state index in [0.717, 1.165) is 32.6 Å². The van der Waals surface area contributed by atoms with E-state index in [4.69, 9.17) is 0 Å². The Kier molecular flexibility index (Phi) is 4.82. The van der Waals surface area contributed by atoms with E-state index >= 15 is 0 Å². The number of rotatable bonds is 2. The zero-order chi connectivity index (χ0) is 12.1. The molecular weight excluding hydrogens is 236 g/mol. The first-order valence-corrected chi connectivity index (χ1v) is 8.64. The molecule has 2 heterocycles. The molecular formula is C12H24N2O2S. The Morgan fingerprint density at radius 2 is 1.94 bits per heavy atom. The Morgan fingerprint density at radius 3 is 2.82 bits per heavy atom. The smallest absolute Gasteiger partial charge is 0.151 e. The molecule has 0 saturated carbocycles. The third-order valence-corrected chi connectivity index (χ3v) is 5.50. The molecule has 0 aromatic heterocycles. The summed E-state index contributed by atoms with van der Waals surface area (Å²) in [5, 5.41) is 3.58. The van der Waals surface area contributed by atoms with Crippen molar-refractivity contribution in [1.82, 2.24) is 10.2 Å². The molecule has 5 heteroatoms. The molecule has 0 aromatic carbocycles. The third-order valence-electron chi connectivity index (χ3n) is 3.79. The maximum Gasteiger partial charge on any atom is 0.151 e. The van der Waals surface area contributed by atoms with Gasteiger partial charge in [-0.05, 0) is 32.4 Å². The van der Waals surface area contributed by atoms with Gasteiger partial charge < -0.3 is 10.2 Å². The summed E-state index contributed by atoms with van der Waals surface area (Å²) in [6.45, 7) is 3.81. The Bertz CT molecular complexity index is 321. The van der Waals surface area contributed by atoms with Gasteiger partial charge in [0.15, 0.2) is 9.84 Å². The van der Waals surface area contributed by atoms with Crippen LogP contribution in [0.4, 0.5) is 0 Å². The summed E-state index contributed by atoms with van der Waals surface area (Å²) < 4.78 is 23.0. The van der Waals surface area contributed by atoms with Crippen molar-refractivity contribution in [2.24, 2.45) is 0 Å². The van der Waals surface area contributed by atoms with Crippen LogP contribution in [0, 0.1) is 0 Å². The van der Waals surface area contributed by atoms with E-state index in [0.29, 0.717) is 17.5 Å². The fourth-order valence-corrected chi connectivity index (χ4v) is 4.05. The minimum atomic E-state index is -2.76. The summed E-state index contributed by atoms with van der Waals surface area (Å²) in [6.07, 6.45) is 5.96. The van der Waals surface area contributed by atoms with Gasteiger partial charge in [-0.25, -0.2) is 8.42 Å². The van der Waals surface area contributed by atoms with E-state index < -0.39 is 9.84 Å². The van der Waals surface area contributed by atoms with Gasteiger partial charge in [0.25, 0.3) is 0 Å². The Labute approximate surface area is 105 Å². The lowest BCUT2D eigenvalue weighted by Crippen LogP contribution is -2.41. The molecule has 2 fully saturated rings. The maximum absolute atomic E-state index is 11.5. The molecule has 0 bridgehead atoms. The Balaban J connectivity index is 1.81. The lowest BCUT2D eigenvalue weighted by atomic mass is 10.1. The van der Waals surface area contributed by atoms with E-state index in [1.54, 1.807) is 0 Å². The van der Waals surface area contributed by atoms with Crippen molar-refractivity contribution in [3.05, 3.63) is 0 Å². The van der Waals surface area contributed by atoms with E-state index in [9.17, 15) is 8.42 Å². The normalized spacial score (nSPS) is 31.6. The van der Waals surface area contributed by atoms with Crippen molar-refractivity contribution in [3.8, 4) is 0 Å². The van der Waals surface area contributed by atoms with E-state index in [-0.39, 0.29) is 0 Å². The number of nitrogens with zero attached hydrogens (tertiary/aromatic N) is 1. The van der Waals surface area contributed by atoms with Gasteiger partial charge in [0.2, 0.25) is 0 Å². The predicted octanol–water partition coefficient (Wildman–Crippen LogP) is 0.639. The largest absolute Gasteiger partial charge is 0.313 e. The van der Waals surface area contributed by atoms with E-state index in [1.165, 1.54) is 25.7 Å². The molecule has 2 saturated heterocycles. The fourth-order valence-electron chi connectivity index (χ4n) is 2.74. The zero-order valence-electron chi connectivity index (χ0n) is 10.5. The summed E-state index contributed by atoms with van der Waals surface area (Å²) >= 11 is 0. The highest BCUT2D eigenvalue weighted by atomic mass is 32.2. The Morgan fingerprint density at radius 1 is 1.06 bits per heavy atom. The van der Waals surface area contributed by atoms with Crippen LogP contribution in [-0.4, -0.2) is 57.0 Å². The standard InChI is InChI=1S/C12H24N2O2S/c15-17(16)9-4-7-14(8-10-17)11-12-5-2-1-3-6-13-12/h12-13H,1-11H2. The second-order valence-electron chi connectivity index (χ2n) is 5.31. The van der Waals surface area contributed by atoms with Gasteiger partial charge in [-0.2, -0.15) is 0 Å². The van der Waals surface area contributed by atoms with Crippen molar-refractivity contribution >= 4 is 9.84 Å². The van der Waals surface area contributed by atoms with Gasteiger partial charge in [0.05, 0.1) is 11.5 Å². The molecule has 100 valence electrons. The molecule has 0 aromatic rings. The molecule has 0 aliphatic carbocycles. The first-order valence-electron chi connectivity index (χ1n) is 6.82. The van der Waals surface area contributed by atoms with Gasteiger partial charge in [0.1, 0.15) is 0 Å². The van der Waals surface area contributed by atoms with Crippen molar-refractivity contribution in [1.29, 1.82) is 0 Å². The van der Waals surface area contributed by atoms with Crippen molar-refractivity contribution in [2.45, 2.75) is 38.1 Å². The maximum atomic E-state index is 11.5. The highest BCUT2D eigenvalue weighted by molar-refractivity contribution is 7.91. The van der Waals surface area contributed by atoms with Crippen molar-refractivity contribution in [2.75, 3.05) is 37.7 Å². The summed E-state index contributed by atoms with van der Waals surface area (Å²) in [6, 6.07) is 0.568. The molecule has 0 radical (unpaired) electrons. The second kappa shape index (κ2) is 6.16. The number of hydrogen-bond donors (Lipinski definition) is 1. The fraction of sp³-hybridized carbons (Fsp3) is 1.00. The minimum absolute atomic E-state index is 0.347. The lowest BCUT2D eigenvalue weighted by molar-refractivity contribution is 0.255. The molecule has 1 unspecified atom stereocenters. The molecule has 4 nitrogen and oxygen atoms in total. The van der Waals surface area contributed by atoms with Crippen LogP contribution >= 0.6 is 0 Å². The second-order valence-corrected chi connectivity index (χ2v) is 7.61. The van der Waals surface area contributed by atoms with Crippen LogP contribution in [0.5, 0.6) is 0 Å². The highest BCUT2D eigenvalue weighted by Gasteiger charge is 2.21. The first-order chi connectivity index (χ1) is 8.16. The third kappa shape index (κ3) is 4.56. The molecule has 17 heavy (non-hydrogen) atoms. The minimum Gasteiger partial charge on any atom is -0.313 e. The molecule has 2 aliphatic heterocycles. The summed E-state index contributed by atoms with van der Waals surface area (Å²) in [5.41, 5.74) is 0. The topological polar surface area (TPSA) is 49.4 Å². The zero-order valence-corrected chi connectivity index (χ0v) is 11.3. The van der Waals surface area contributed by atoms with Gasteiger partial charge in [-0.15, -0.1) is 0 Å². The van der Waals surface area contributed by atoms with Crippen LogP contribution < -0.4 is 5.32 Å². The molecule has 1 N–H and O–H groups in total. The average Bonchev–Trinajstić information content (AvgIpc) is 2.61.